The first-order chi connectivity index (χ1) is 20.8. The van der Waals surface area contributed by atoms with Crippen molar-refractivity contribution in [1.29, 1.82) is 0 Å². The van der Waals surface area contributed by atoms with Crippen molar-refractivity contribution >= 4 is 23.4 Å². The lowest BCUT2D eigenvalue weighted by molar-refractivity contribution is -0.152. The molecule has 222 valence electrons. The van der Waals surface area contributed by atoms with Gasteiger partial charge in [-0.1, -0.05) is 42.5 Å². The van der Waals surface area contributed by atoms with Crippen LogP contribution in [0.15, 0.2) is 102 Å². The minimum absolute atomic E-state index is 0.0341. The zero-order chi connectivity index (χ0) is 30.7. The smallest absolute Gasteiger partial charge is 0.338 e. The Kier molecular flexibility index (Phi) is 8.61. The van der Waals surface area contributed by atoms with Crippen molar-refractivity contribution < 1.29 is 33.0 Å². The first-order valence-electron chi connectivity index (χ1n) is 14.2. The summed E-state index contributed by atoms with van der Waals surface area (Å²) in [4.78, 5) is 43.6. The van der Waals surface area contributed by atoms with E-state index in [2.05, 4.69) is 0 Å². The normalized spacial score (nSPS) is 20.0. The summed E-state index contributed by atoms with van der Waals surface area (Å²) in [6, 6.07) is 21.9. The van der Waals surface area contributed by atoms with Crippen LogP contribution in [0.5, 0.6) is 5.75 Å². The van der Waals surface area contributed by atoms with Crippen molar-refractivity contribution in [3.8, 4) is 5.75 Å². The van der Waals surface area contributed by atoms with Gasteiger partial charge in [0.25, 0.3) is 0 Å². The minimum atomic E-state index is -1.21. The Labute approximate surface area is 249 Å². The van der Waals surface area contributed by atoms with E-state index in [1.165, 1.54) is 24.3 Å². The maximum Gasteiger partial charge on any atom is 0.338 e. The molecule has 0 radical (unpaired) electrons. The first kappa shape index (κ1) is 29.6. The number of ether oxygens (including phenoxy) is 3. The predicted molar refractivity (Wildman–Crippen MR) is 158 cm³/mol. The molecule has 2 N–H and O–H groups in total. The monoisotopic (exact) mass is 584 g/mol. The number of hydrogen-bond acceptors (Lipinski definition) is 8. The van der Waals surface area contributed by atoms with Crippen molar-refractivity contribution in [2.24, 2.45) is 11.7 Å². The van der Waals surface area contributed by atoms with E-state index in [0.29, 0.717) is 28.3 Å². The fraction of sp³-hybridized carbons (Fsp3) is 0.265. The molecule has 0 saturated carbocycles. The number of nitrogens with zero attached hydrogens (tertiary/aromatic N) is 1. The van der Waals surface area contributed by atoms with Gasteiger partial charge in [0.2, 0.25) is 0 Å². The Balaban J connectivity index is 1.81. The Morgan fingerprint density at radius 3 is 2.28 bits per heavy atom. The largest absolute Gasteiger partial charge is 0.497 e. The maximum absolute atomic E-state index is 14.8. The number of rotatable bonds is 8. The van der Waals surface area contributed by atoms with Crippen molar-refractivity contribution in [2.45, 2.75) is 32.1 Å². The molecule has 0 fully saturated rings. The average Bonchev–Trinajstić information content (AvgIpc) is 3.01. The van der Waals surface area contributed by atoms with Crippen LogP contribution in [0.2, 0.25) is 0 Å². The molecule has 0 saturated heterocycles. The summed E-state index contributed by atoms with van der Waals surface area (Å²) in [5, 5.41) is 0. The molecule has 3 aromatic rings. The van der Waals surface area contributed by atoms with E-state index in [9.17, 15) is 18.8 Å². The third-order valence-electron chi connectivity index (χ3n) is 7.81. The second kappa shape index (κ2) is 12.5. The Morgan fingerprint density at radius 1 is 0.930 bits per heavy atom. The van der Waals surface area contributed by atoms with Gasteiger partial charge >= 0.3 is 11.9 Å². The average molecular weight is 585 g/mol. The molecule has 5 rings (SSSR count). The highest BCUT2D eigenvalue weighted by atomic mass is 19.1. The molecule has 3 aromatic carbocycles. The summed E-state index contributed by atoms with van der Waals surface area (Å²) in [5.41, 5.74) is 9.42. The molecule has 0 bridgehead atoms. The van der Waals surface area contributed by atoms with Crippen LogP contribution in [0, 0.1) is 11.7 Å². The number of carbonyl (C=O) groups excluding carboxylic acids is 3. The number of Topliss-reactive ketones (excluding diaryl/α,β-unsaturated/α-hetero) is 1. The number of benzene rings is 3. The number of methoxy groups -OCH3 is 1. The van der Waals surface area contributed by atoms with Crippen molar-refractivity contribution in [3.63, 3.8) is 0 Å². The quantitative estimate of drug-likeness (QED) is 0.279. The van der Waals surface area contributed by atoms with Crippen LogP contribution >= 0.6 is 0 Å². The molecule has 2 aliphatic rings. The predicted octanol–water partition coefficient (Wildman–Crippen LogP) is 5.36. The van der Waals surface area contributed by atoms with Crippen LogP contribution in [0.1, 0.15) is 43.2 Å². The zero-order valence-electron chi connectivity index (χ0n) is 24.2. The van der Waals surface area contributed by atoms with Gasteiger partial charge in [-0.3, -0.25) is 14.5 Å². The number of halogens is 1. The molecule has 43 heavy (non-hydrogen) atoms. The molecule has 3 atom stereocenters. The van der Waals surface area contributed by atoms with Crippen LogP contribution in [-0.4, -0.2) is 38.0 Å². The second-order valence-corrected chi connectivity index (χ2v) is 10.2. The summed E-state index contributed by atoms with van der Waals surface area (Å²) < 4.78 is 30.4. The number of allylic oxidation sites excluding steroid dienone is 2. The van der Waals surface area contributed by atoms with Crippen LogP contribution in [0.25, 0.3) is 0 Å². The molecule has 0 unspecified atom stereocenters. The molecule has 1 heterocycles. The summed E-state index contributed by atoms with van der Waals surface area (Å²) in [7, 11) is 1.54. The fourth-order valence-corrected chi connectivity index (χ4v) is 5.98. The molecule has 1 aliphatic heterocycles. The number of para-hydroxylation sites is 1. The third kappa shape index (κ3) is 5.50. The molecule has 8 nitrogen and oxygen atoms in total. The van der Waals surface area contributed by atoms with Crippen molar-refractivity contribution in [2.75, 3.05) is 25.2 Å². The van der Waals surface area contributed by atoms with Gasteiger partial charge in [-0.25, -0.2) is 9.18 Å². The molecule has 0 aromatic heterocycles. The number of hydrogen-bond donors (Lipinski definition) is 1. The maximum atomic E-state index is 14.8. The van der Waals surface area contributed by atoms with Crippen LogP contribution in [-0.2, 0) is 23.9 Å². The molecular weight excluding hydrogens is 551 g/mol. The molecule has 0 amide bonds. The fourth-order valence-electron chi connectivity index (χ4n) is 5.98. The van der Waals surface area contributed by atoms with Gasteiger partial charge in [0.05, 0.1) is 31.8 Å². The van der Waals surface area contributed by atoms with Gasteiger partial charge in [-0.05, 0) is 67.8 Å². The van der Waals surface area contributed by atoms with E-state index < -0.39 is 41.3 Å². The number of ketones is 1. The van der Waals surface area contributed by atoms with Gasteiger partial charge in [0, 0.05) is 22.9 Å². The lowest BCUT2D eigenvalue weighted by Crippen LogP contribution is -2.46. The summed E-state index contributed by atoms with van der Waals surface area (Å²) in [5.74, 6) is -4.55. The van der Waals surface area contributed by atoms with E-state index in [0.717, 1.165) is 0 Å². The van der Waals surface area contributed by atoms with Gasteiger partial charge in [-0.2, -0.15) is 0 Å². The van der Waals surface area contributed by atoms with Crippen LogP contribution in [0.3, 0.4) is 0 Å². The Bertz CT molecular complexity index is 1600. The highest BCUT2D eigenvalue weighted by Gasteiger charge is 2.51. The third-order valence-corrected chi connectivity index (χ3v) is 7.81. The zero-order valence-corrected chi connectivity index (χ0v) is 24.2. The van der Waals surface area contributed by atoms with Gasteiger partial charge in [0.15, 0.2) is 5.78 Å². The van der Waals surface area contributed by atoms with Crippen LogP contribution in [0.4, 0.5) is 10.1 Å². The molecule has 0 spiro atoms. The number of carbonyl (C=O) groups is 3. The molecule has 1 aliphatic carbocycles. The first-order valence-corrected chi connectivity index (χ1v) is 14.2. The van der Waals surface area contributed by atoms with E-state index in [-0.39, 0.29) is 36.6 Å². The molecule has 9 heteroatoms. The summed E-state index contributed by atoms with van der Waals surface area (Å²) in [6.07, 6.45) is 0.209. The standard InChI is InChI=1S/C34H33FN2O6/c1-4-42-33(39)28-25(21-10-9-13-24(18-21)41-3)19-26-29(31(28)38)27(20-14-16-22(35)17-15-20)30(34(40)43-5-2)32(36)37(26)23-11-7-6-8-12-23/h6-18,25,27-28H,4-5,19,36H2,1-3H3/t25-,27-,28-/m0/s1. The highest BCUT2D eigenvalue weighted by Crippen LogP contribution is 2.51. The van der Waals surface area contributed by atoms with Crippen molar-refractivity contribution in [1.82, 2.24) is 0 Å². The van der Waals surface area contributed by atoms with Gasteiger partial charge in [-0.15, -0.1) is 0 Å². The van der Waals surface area contributed by atoms with Crippen molar-refractivity contribution in [3.05, 3.63) is 118 Å². The van der Waals surface area contributed by atoms with E-state index >= 15 is 0 Å². The minimum Gasteiger partial charge on any atom is -0.497 e. The topological polar surface area (TPSA) is 108 Å². The SMILES string of the molecule is CCOC(=O)C1=C(N)N(c2ccccc2)C2=C(C(=O)[C@@H](C(=O)OCC)[C@H](c3cccc(OC)c3)C2)[C@@H]1c1ccc(F)cc1. The number of esters is 2. The lowest BCUT2D eigenvalue weighted by Gasteiger charge is -2.44. The van der Waals surface area contributed by atoms with E-state index in [1.807, 2.05) is 36.4 Å². The van der Waals surface area contributed by atoms with E-state index in [4.69, 9.17) is 19.9 Å². The highest BCUT2D eigenvalue weighted by molar-refractivity contribution is 6.14. The Hall–Kier alpha value is -4.92. The van der Waals surface area contributed by atoms with E-state index in [1.54, 1.807) is 44.1 Å². The van der Waals surface area contributed by atoms with Crippen LogP contribution < -0.4 is 15.4 Å². The number of nitrogens with two attached hydrogens (primary N) is 1. The summed E-state index contributed by atoms with van der Waals surface area (Å²) >= 11 is 0. The van der Waals surface area contributed by atoms with Gasteiger partial charge < -0.3 is 19.9 Å². The number of anilines is 1. The summed E-state index contributed by atoms with van der Waals surface area (Å²) in [6.45, 7) is 3.50. The van der Waals surface area contributed by atoms with Gasteiger partial charge in [0.1, 0.15) is 23.3 Å². The lowest BCUT2D eigenvalue weighted by atomic mass is 9.67. The Morgan fingerprint density at radius 2 is 1.63 bits per heavy atom. The molecular formula is C34H33FN2O6. The second-order valence-electron chi connectivity index (χ2n) is 10.2.